The van der Waals surface area contributed by atoms with Crippen molar-refractivity contribution in [3.05, 3.63) is 0 Å². The van der Waals surface area contributed by atoms with Gasteiger partial charge in [0.2, 0.25) is 0 Å². The quantitative estimate of drug-likeness (QED) is 0.747. The lowest BCUT2D eigenvalue weighted by molar-refractivity contribution is 0.0203. The minimum atomic E-state index is 0.138. The van der Waals surface area contributed by atoms with Crippen LogP contribution in [0.2, 0.25) is 0 Å². The highest BCUT2D eigenvalue weighted by Gasteiger charge is 2.29. The number of nitrogens with one attached hydrogen (secondary N) is 1. The van der Waals surface area contributed by atoms with Crippen LogP contribution in [0.15, 0.2) is 0 Å². The monoisotopic (exact) mass is 197 g/mol. The first-order valence-electron chi connectivity index (χ1n) is 6.13. The molecule has 2 rings (SSSR count). The van der Waals surface area contributed by atoms with Gasteiger partial charge in [0, 0.05) is 13.2 Å². The molecule has 14 heavy (non-hydrogen) atoms. The van der Waals surface area contributed by atoms with Crippen molar-refractivity contribution in [2.75, 3.05) is 19.7 Å². The smallest absolute Gasteiger partial charge is 0.0779 e. The van der Waals surface area contributed by atoms with Crippen LogP contribution >= 0.6 is 0 Å². The number of hydrogen-bond donors (Lipinski definition) is 1. The molecule has 2 aliphatic rings. The first kappa shape index (κ1) is 10.4. The molecule has 0 aromatic heterocycles. The predicted molar refractivity (Wildman–Crippen MR) is 58.4 cm³/mol. The Hall–Kier alpha value is -0.0800. The summed E-state index contributed by atoms with van der Waals surface area (Å²) in [5.41, 5.74) is 0.138. The lowest BCUT2D eigenvalue weighted by atomic mass is 10.0. The van der Waals surface area contributed by atoms with Gasteiger partial charge < -0.3 is 10.1 Å². The Labute approximate surface area is 87.4 Å². The van der Waals surface area contributed by atoms with Crippen molar-refractivity contribution < 1.29 is 4.74 Å². The fraction of sp³-hybridized carbons (Fsp3) is 1.00. The Morgan fingerprint density at radius 3 is 2.71 bits per heavy atom. The molecule has 1 saturated carbocycles. The van der Waals surface area contributed by atoms with Crippen LogP contribution in [0.3, 0.4) is 0 Å². The topological polar surface area (TPSA) is 21.3 Å². The zero-order chi connectivity index (χ0) is 9.86. The molecule has 2 nitrogen and oxygen atoms in total. The Morgan fingerprint density at radius 2 is 2.07 bits per heavy atom. The van der Waals surface area contributed by atoms with Crippen LogP contribution in [-0.4, -0.2) is 25.3 Å². The van der Waals surface area contributed by atoms with Crippen LogP contribution in [0.25, 0.3) is 0 Å². The largest absolute Gasteiger partial charge is 0.374 e. The molecule has 2 heteroatoms. The fourth-order valence-electron chi connectivity index (χ4n) is 2.73. The molecule has 1 atom stereocenters. The van der Waals surface area contributed by atoms with E-state index in [0.29, 0.717) is 0 Å². The molecule has 0 amide bonds. The van der Waals surface area contributed by atoms with Gasteiger partial charge in [-0.2, -0.15) is 0 Å². The Kier molecular flexibility index (Phi) is 3.45. The minimum Gasteiger partial charge on any atom is -0.374 e. The van der Waals surface area contributed by atoms with E-state index in [0.717, 1.165) is 19.1 Å². The van der Waals surface area contributed by atoms with E-state index in [-0.39, 0.29) is 5.60 Å². The number of ether oxygens (including phenoxy) is 1. The van der Waals surface area contributed by atoms with Gasteiger partial charge >= 0.3 is 0 Å². The van der Waals surface area contributed by atoms with E-state index in [1.54, 1.807) is 0 Å². The van der Waals surface area contributed by atoms with Crippen molar-refractivity contribution in [1.82, 2.24) is 5.32 Å². The third-order valence-corrected chi connectivity index (χ3v) is 3.71. The SMILES string of the molecule is CC1(CNCC2CCCC2)CCCO1. The molecular weight excluding hydrogens is 174 g/mol. The normalized spacial score (nSPS) is 34.1. The molecule has 0 radical (unpaired) electrons. The van der Waals surface area contributed by atoms with E-state index >= 15 is 0 Å². The summed E-state index contributed by atoms with van der Waals surface area (Å²) < 4.78 is 5.74. The summed E-state index contributed by atoms with van der Waals surface area (Å²) in [6.07, 6.45) is 8.22. The molecule has 82 valence electrons. The molecule has 1 saturated heterocycles. The second-order valence-corrected chi connectivity index (χ2v) is 5.18. The van der Waals surface area contributed by atoms with Gasteiger partial charge in [0.25, 0.3) is 0 Å². The van der Waals surface area contributed by atoms with Crippen molar-refractivity contribution in [2.45, 2.75) is 51.0 Å². The van der Waals surface area contributed by atoms with E-state index in [1.807, 2.05) is 0 Å². The Morgan fingerprint density at radius 1 is 1.29 bits per heavy atom. The maximum absolute atomic E-state index is 5.74. The van der Waals surface area contributed by atoms with Gasteiger partial charge in [-0.3, -0.25) is 0 Å². The molecule has 1 aliphatic heterocycles. The first-order chi connectivity index (χ1) is 6.79. The number of rotatable bonds is 4. The van der Waals surface area contributed by atoms with Crippen molar-refractivity contribution in [3.8, 4) is 0 Å². The highest BCUT2D eigenvalue weighted by Crippen LogP contribution is 2.26. The molecule has 1 heterocycles. The molecule has 0 bridgehead atoms. The lowest BCUT2D eigenvalue weighted by Gasteiger charge is -2.24. The zero-order valence-electron chi connectivity index (χ0n) is 9.35. The predicted octanol–water partition coefficient (Wildman–Crippen LogP) is 2.34. The standard InChI is InChI=1S/C12H23NO/c1-12(7-4-8-14-12)10-13-9-11-5-2-3-6-11/h11,13H,2-10H2,1H3. The van der Waals surface area contributed by atoms with Gasteiger partial charge in [0.1, 0.15) is 0 Å². The van der Waals surface area contributed by atoms with Gasteiger partial charge in [-0.15, -0.1) is 0 Å². The maximum atomic E-state index is 5.74. The summed E-state index contributed by atoms with van der Waals surface area (Å²) in [5.74, 6) is 0.944. The van der Waals surface area contributed by atoms with E-state index in [9.17, 15) is 0 Å². The highest BCUT2D eigenvalue weighted by molar-refractivity contribution is 4.83. The molecule has 1 unspecified atom stereocenters. The highest BCUT2D eigenvalue weighted by atomic mass is 16.5. The summed E-state index contributed by atoms with van der Waals surface area (Å²) >= 11 is 0. The van der Waals surface area contributed by atoms with Gasteiger partial charge in [-0.05, 0) is 45.1 Å². The molecule has 0 spiro atoms. The summed E-state index contributed by atoms with van der Waals surface area (Å²) in [6, 6.07) is 0. The van der Waals surface area contributed by atoms with Crippen molar-refractivity contribution >= 4 is 0 Å². The summed E-state index contributed by atoms with van der Waals surface area (Å²) in [7, 11) is 0. The van der Waals surface area contributed by atoms with Gasteiger partial charge in [0.05, 0.1) is 5.60 Å². The summed E-state index contributed by atoms with van der Waals surface area (Å²) in [4.78, 5) is 0. The van der Waals surface area contributed by atoms with Crippen LogP contribution < -0.4 is 5.32 Å². The van der Waals surface area contributed by atoms with E-state index in [2.05, 4.69) is 12.2 Å². The van der Waals surface area contributed by atoms with Crippen molar-refractivity contribution in [3.63, 3.8) is 0 Å². The molecule has 1 aliphatic carbocycles. The molecule has 0 aromatic carbocycles. The van der Waals surface area contributed by atoms with Crippen molar-refractivity contribution in [1.29, 1.82) is 0 Å². The van der Waals surface area contributed by atoms with E-state index in [1.165, 1.54) is 45.1 Å². The third kappa shape index (κ3) is 2.71. The van der Waals surface area contributed by atoms with Crippen LogP contribution in [0, 0.1) is 5.92 Å². The molecule has 1 N–H and O–H groups in total. The minimum absolute atomic E-state index is 0.138. The zero-order valence-corrected chi connectivity index (χ0v) is 9.35. The van der Waals surface area contributed by atoms with E-state index in [4.69, 9.17) is 4.74 Å². The number of hydrogen-bond acceptors (Lipinski definition) is 2. The first-order valence-corrected chi connectivity index (χ1v) is 6.13. The summed E-state index contributed by atoms with van der Waals surface area (Å²) in [6.45, 7) is 5.45. The second kappa shape index (κ2) is 4.63. The van der Waals surface area contributed by atoms with E-state index < -0.39 is 0 Å². The fourth-order valence-corrected chi connectivity index (χ4v) is 2.73. The summed E-state index contributed by atoms with van der Waals surface area (Å²) in [5, 5.41) is 3.58. The van der Waals surface area contributed by atoms with Gasteiger partial charge in [0.15, 0.2) is 0 Å². The third-order valence-electron chi connectivity index (χ3n) is 3.71. The molecule has 2 fully saturated rings. The second-order valence-electron chi connectivity index (χ2n) is 5.18. The van der Waals surface area contributed by atoms with Crippen molar-refractivity contribution in [2.24, 2.45) is 5.92 Å². The Balaban J connectivity index is 1.61. The molecule has 0 aromatic rings. The Bertz CT molecular complexity index is 169. The maximum Gasteiger partial charge on any atom is 0.0779 e. The van der Waals surface area contributed by atoms with Gasteiger partial charge in [-0.1, -0.05) is 12.8 Å². The van der Waals surface area contributed by atoms with Crippen LogP contribution in [-0.2, 0) is 4.74 Å². The van der Waals surface area contributed by atoms with Crippen LogP contribution in [0.4, 0.5) is 0 Å². The van der Waals surface area contributed by atoms with Crippen LogP contribution in [0.1, 0.15) is 45.4 Å². The van der Waals surface area contributed by atoms with Crippen LogP contribution in [0.5, 0.6) is 0 Å². The molecular formula is C12H23NO. The average molecular weight is 197 g/mol. The van der Waals surface area contributed by atoms with Gasteiger partial charge in [-0.25, -0.2) is 0 Å². The average Bonchev–Trinajstić information content (AvgIpc) is 2.77. The lowest BCUT2D eigenvalue weighted by Crippen LogP contribution is -2.38.